The summed E-state index contributed by atoms with van der Waals surface area (Å²) < 4.78 is 1.56. The maximum absolute atomic E-state index is 12.2. The van der Waals surface area contributed by atoms with Crippen LogP contribution in [0.2, 0.25) is 0 Å². The lowest BCUT2D eigenvalue weighted by Crippen LogP contribution is -2.12. The normalized spacial score (nSPS) is 11.2. The van der Waals surface area contributed by atoms with E-state index < -0.39 is 0 Å². The molecule has 3 aromatic rings. The molecule has 0 aliphatic carbocycles. The molecule has 1 N–H and O–H groups in total. The summed E-state index contributed by atoms with van der Waals surface area (Å²) in [6, 6.07) is 1.97. The van der Waals surface area contributed by atoms with Crippen LogP contribution in [0.3, 0.4) is 0 Å². The Bertz CT molecular complexity index is 875. The first-order valence-corrected chi connectivity index (χ1v) is 6.34. The van der Waals surface area contributed by atoms with Crippen LogP contribution >= 0.6 is 0 Å². The summed E-state index contributed by atoms with van der Waals surface area (Å²) in [6.45, 7) is 5.71. The van der Waals surface area contributed by atoms with Crippen molar-refractivity contribution in [2.24, 2.45) is 7.05 Å². The van der Waals surface area contributed by atoms with E-state index in [-0.39, 0.29) is 5.56 Å². The van der Waals surface area contributed by atoms with E-state index >= 15 is 0 Å². The minimum atomic E-state index is -0.186. The zero-order valence-electron chi connectivity index (χ0n) is 11.9. The number of hydrogen-bond donors (Lipinski definition) is 1. The Morgan fingerprint density at radius 3 is 2.70 bits per heavy atom. The molecule has 3 aromatic heterocycles. The minimum absolute atomic E-state index is 0.186. The molecule has 6 nitrogen and oxygen atoms in total. The van der Waals surface area contributed by atoms with Crippen LogP contribution in [0.4, 0.5) is 0 Å². The molecule has 0 amide bonds. The number of pyridine rings is 1. The second kappa shape index (κ2) is 4.26. The zero-order valence-corrected chi connectivity index (χ0v) is 11.9. The number of aromatic nitrogens is 5. The van der Waals surface area contributed by atoms with Gasteiger partial charge < -0.3 is 4.98 Å². The fourth-order valence-corrected chi connectivity index (χ4v) is 2.35. The number of aryl methyl sites for hydroxylation is 4. The number of fused-ring (bicyclic) bond motifs is 1. The molecule has 0 fully saturated rings. The van der Waals surface area contributed by atoms with Crippen molar-refractivity contribution in [3.63, 3.8) is 0 Å². The fraction of sp³-hybridized carbons (Fsp3) is 0.286. The molecule has 6 heteroatoms. The lowest BCUT2D eigenvalue weighted by Gasteiger charge is -2.05. The summed E-state index contributed by atoms with van der Waals surface area (Å²) in [5.74, 6) is 0.535. The average Bonchev–Trinajstić information content (AvgIpc) is 2.68. The summed E-state index contributed by atoms with van der Waals surface area (Å²) in [5.41, 5.74) is 4.38. The molecule has 0 atom stereocenters. The monoisotopic (exact) mass is 269 g/mol. The highest BCUT2D eigenvalue weighted by molar-refractivity contribution is 5.78. The molecule has 102 valence electrons. The van der Waals surface area contributed by atoms with Gasteiger partial charge in [0.15, 0.2) is 5.52 Å². The van der Waals surface area contributed by atoms with Gasteiger partial charge in [-0.3, -0.25) is 14.5 Å². The highest BCUT2D eigenvalue weighted by Gasteiger charge is 2.14. The van der Waals surface area contributed by atoms with Crippen molar-refractivity contribution < 1.29 is 0 Å². The highest BCUT2D eigenvalue weighted by Crippen LogP contribution is 2.20. The minimum Gasteiger partial charge on any atom is -0.305 e. The van der Waals surface area contributed by atoms with E-state index in [4.69, 9.17) is 0 Å². The molecule has 0 unspecified atom stereocenters. The van der Waals surface area contributed by atoms with Crippen LogP contribution in [-0.2, 0) is 7.05 Å². The van der Waals surface area contributed by atoms with Crippen LogP contribution in [0, 0.1) is 20.8 Å². The van der Waals surface area contributed by atoms with Crippen molar-refractivity contribution in [3.05, 3.63) is 39.6 Å². The van der Waals surface area contributed by atoms with Crippen molar-refractivity contribution in [1.29, 1.82) is 0 Å². The SMILES string of the molecule is Cc1cnc(C)c(-c2nc3c(C)nn(C)c3c(=O)[nH]2)c1. The van der Waals surface area contributed by atoms with Gasteiger partial charge in [0.1, 0.15) is 11.3 Å². The van der Waals surface area contributed by atoms with E-state index in [2.05, 4.69) is 20.1 Å². The highest BCUT2D eigenvalue weighted by atomic mass is 16.1. The Morgan fingerprint density at radius 1 is 1.20 bits per heavy atom. The quantitative estimate of drug-likeness (QED) is 0.728. The van der Waals surface area contributed by atoms with Crippen molar-refractivity contribution in [2.45, 2.75) is 20.8 Å². The van der Waals surface area contributed by atoms with Gasteiger partial charge in [-0.15, -0.1) is 0 Å². The smallest absolute Gasteiger partial charge is 0.277 e. The van der Waals surface area contributed by atoms with E-state index in [1.807, 2.05) is 26.8 Å². The second-order valence-corrected chi connectivity index (χ2v) is 4.97. The Hall–Kier alpha value is -2.50. The average molecular weight is 269 g/mol. The van der Waals surface area contributed by atoms with Gasteiger partial charge in [-0.2, -0.15) is 5.10 Å². The number of aromatic amines is 1. The van der Waals surface area contributed by atoms with Gasteiger partial charge >= 0.3 is 0 Å². The standard InChI is InChI=1S/C14H15N5O/c1-7-5-10(8(2)15-6-7)13-16-11-9(3)18-19(4)12(11)14(20)17-13/h5-6H,1-4H3,(H,16,17,20). The third-order valence-electron chi connectivity index (χ3n) is 3.34. The molecular formula is C14H15N5O. The predicted molar refractivity (Wildman–Crippen MR) is 76.6 cm³/mol. The van der Waals surface area contributed by atoms with Gasteiger partial charge in [0.25, 0.3) is 5.56 Å². The molecule has 20 heavy (non-hydrogen) atoms. The maximum Gasteiger partial charge on any atom is 0.277 e. The van der Waals surface area contributed by atoms with Gasteiger partial charge in [-0.1, -0.05) is 0 Å². The van der Waals surface area contributed by atoms with Crippen molar-refractivity contribution >= 4 is 11.0 Å². The summed E-state index contributed by atoms with van der Waals surface area (Å²) >= 11 is 0. The fourth-order valence-electron chi connectivity index (χ4n) is 2.35. The van der Waals surface area contributed by atoms with Crippen molar-refractivity contribution in [3.8, 4) is 11.4 Å². The number of rotatable bonds is 1. The number of H-pyrrole nitrogens is 1. The van der Waals surface area contributed by atoms with Gasteiger partial charge in [-0.05, 0) is 32.4 Å². The van der Waals surface area contributed by atoms with Crippen LogP contribution in [0.5, 0.6) is 0 Å². The first-order chi connectivity index (χ1) is 9.47. The molecule has 0 bridgehead atoms. The molecule has 0 radical (unpaired) electrons. The Balaban J connectivity index is 2.36. The molecule has 0 aliphatic rings. The molecule has 0 aromatic carbocycles. The number of nitrogens with zero attached hydrogens (tertiary/aromatic N) is 4. The molecule has 0 saturated carbocycles. The summed E-state index contributed by atoms with van der Waals surface area (Å²) in [5, 5.41) is 4.24. The van der Waals surface area contributed by atoms with Crippen molar-refractivity contribution in [1.82, 2.24) is 24.7 Å². The molecule has 3 rings (SSSR count). The van der Waals surface area contributed by atoms with Crippen LogP contribution in [0.15, 0.2) is 17.1 Å². The topological polar surface area (TPSA) is 76.5 Å². The van der Waals surface area contributed by atoms with Gasteiger partial charge in [0.05, 0.1) is 5.69 Å². The van der Waals surface area contributed by atoms with Gasteiger partial charge in [-0.25, -0.2) is 4.98 Å². The summed E-state index contributed by atoms with van der Waals surface area (Å²) in [4.78, 5) is 23.9. The van der Waals surface area contributed by atoms with E-state index in [0.29, 0.717) is 16.9 Å². The Labute approximate surface area is 115 Å². The second-order valence-electron chi connectivity index (χ2n) is 4.97. The first-order valence-electron chi connectivity index (χ1n) is 6.34. The first kappa shape index (κ1) is 12.5. The summed E-state index contributed by atoms with van der Waals surface area (Å²) in [6.07, 6.45) is 1.80. The van der Waals surface area contributed by atoms with E-state index in [0.717, 1.165) is 22.5 Å². The van der Waals surface area contributed by atoms with Crippen molar-refractivity contribution in [2.75, 3.05) is 0 Å². The van der Waals surface area contributed by atoms with E-state index in [9.17, 15) is 4.79 Å². The van der Waals surface area contributed by atoms with Crippen LogP contribution < -0.4 is 5.56 Å². The summed E-state index contributed by atoms with van der Waals surface area (Å²) in [7, 11) is 1.74. The predicted octanol–water partition coefficient (Wildman–Crippen LogP) is 1.64. The number of nitrogens with one attached hydrogen (secondary N) is 1. The Morgan fingerprint density at radius 2 is 1.95 bits per heavy atom. The third-order valence-corrected chi connectivity index (χ3v) is 3.34. The van der Waals surface area contributed by atoms with Gasteiger partial charge in [0.2, 0.25) is 0 Å². The lowest BCUT2D eigenvalue weighted by atomic mass is 10.1. The van der Waals surface area contributed by atoms with Crippen LogP contribution in [-0.4, -0.2) is 24.7 Å². The molecule has 0 aliphatic heterocycles. The van der Waals surface area contributed by atoms with Crippen LogP contribution in [0.25, 0.3) is 22.4 Å². The molecule has 0 saturated heterocycles. The molecular weight excluding hydrogens is 254 g/mol. The van der Waals surface area contributed by atoms with E-state index in [1.165, 1.54) is 0 Å². The zero-order chi connectivity index (χ0) is 14.4. The molecule has 0 spiro atoms. The van der Waals surface area contributed by atoms with Crippen LogP contribution in [0.1, 0.15) is 17.0 Å². The third kappa shape index (κ3) is 1.80. The largest absolute Gasteiger partial charge is 0.305 e. The van der Waals surface area contributed by atoms with E-state index in [1.54, 1.807) is 17.9 Å². The molecule has 3 heterocycles. The maximum atomic E-state index is 12.2. The lowest BCUT2D eigenvalue weighted by molar-refractivity contribution is 0.779. The Kier molecular flexibility index (Phi) is 2.67. The van der Waals surface area contributed by atoms with Gasteiger partial charge in [0, 0.05) is 24.5 Å². The number of hydrogen-bond acceptors (Lipinski definition) is 4.